The number of hydrogen-bond donors (Lipinski definition) is 1. The van der Waals surface area contributed by atoms with Crippen LogP contribution in [0, 0.1) is 5.82 Å². The average Bonchev–Trinajstić information content (AvgIpc) is 2.39. The molecule has 110 valence electrons. The molecule has 1 aromatic carbocycles. The summed E-state index contributed by atoms with van der Waals surface area (Å²) in [4.78, 5) is 15.1. The molecule has 0 atom stereocenters. The molecule has 0 aliphatic rings. The van der Waals surface area contributed by atoms with Crippen LogP contribution in [-0.2, 0) is 4.79 Å². The third-order valence-corrected chi connectivity index (χ3v) is 2.53. The maximum Gasteiger partial charge on any atom is 0.387 e. The van der Waals surface area contributed by atoms with Gasteiger partial charge in [-0.25, -0.2) is 4.39 Å². The van der Waals surface area contributed by atoms with Gasteiger partial charge >= 0.3 is 6.61 Å². The number of halogens is 3. The number of anilines is 1. The first kappa shape index (κ1) is 14.8. The molecule has 1 aromatic heterocycles. The molecule has 21 heavy (non-hydrogen) atoms. The van der Waals surface area contributed by atoms with E-state index in [9.17, 15) is 18.0 Å². The highest BCUT2D eigenvalue weighted by atomic mass is 19.3. The first-order valence-electron chi connectivity index (χ1n) is 5.94. The lowest BCUT2D eigenvalue weighted by atomic mass is 10.1. The van der Waals surface area contributed by atoms with Crippen LogP contribution in [0.2, 0.25) is 0 Å². The number of pyridine rings is 1. The van der Waals surface area contributed by atoms with Crippen LogP contribution in [0.1, 0.15) is 6.92 Å². The molecule has 0 fully saturated rings. The summed E-state index contributed by atoms with van der Waals surface area (Å²) in [6.45, 7) is -1.64. The number of nitrogens with zero attached hydrogens (tertiary/aromatic N) is 1. The van der Waals surface area contributed by atoms with E-state index in [-0.39, 0.29) is 17.3 Å². The molecule has 2 rings (SSSR count). The summed E-state index contributed by atoms with van der Waals surface area (Å²) >= 11 is 0. The average molecular weight is 296 g/mol. The number of benzene rings is 1. The summed E-state index contributed by atoms with van der Waals surface area (Å²) in [5, 5.41) is 2.49. The van der Waals surface area contributed by atoms with Gasteiger partial charge in [0.15, 0.2) is 0 Å². The van der Waals surface area contributed by atoms with Crippen LogP contribution in [0.25, 0.3) is 11.3 Å². The number of nitrogens with one attached hydrogen (secondary N) is 1. The minimum atomic E-state index is -2.93. The Morgan fingerprint density at radius 1 is 1.29 bits per heavy atom. The molecule has 2 aromatic rings. The van der Waals surface area contributed by atoms with Gasteiger partial charge in [0.25, 0.3) is 0 Å². The quantitative estimate of drug-likeness (QED) is 0.940. The van der Waals surface area contributed by atoms with Crippen LogP contribution in [-0.4, -0.2) is 17.5 Å². The van der Waals surface area contributed by atoms with Crippen molar-refractivity contribution in [1.29, 1.82) is 0 Å². The fourth-order valence-corrected chi connectivity index (χ4v) is 1.75. The number of rotatable bonds is 4. The molecule has 1 amide bonds. The van der Waals surface area contributed by atoms with Gasteiger partial charge in [-0.3, -0.25) is 9.78 Å². The molecule has 0 radical (unpaired) electrons. The minimum absolute atomic E-state index is 0.0862. The van der Waals surface area contributed by atoms with E-state index in [1.54, 1.807) is 0 Å². The summed E-state index contributed by atoms with van der Waals surface area (Å²) < 4.78 is 41.6. The monoisotopic (exact) mass is 296 g/mol. The zero-order valence-electron chi connectivity index (χ0n) is 10.9. The largest absolute Gasteiger partial charge is 0.433 e. The Balaban J connectivity index is 2.34. The van der Waals surface area contributed by atoms with Crippen molar-refractivity contribution in [2.24, 2.45) is 0 Å². The molecule has 4 nitrogen and oxygen atoms in total. The second-order valence-electron chi connectivity index (χ2n) is 4.13. The van der Waals surface area contributed by atoms with Crippen molar-refractivity contribution in [3.8, 4) is 17.0 Å². The lowest BCUT2D eigenvalue weighted by Crippen LogP contribution is -2.07. The molecular weight excluding hydrogens is 285 g/mol. The van der Waals surface area contributed by atoms with Crippen LogP contribution in [0.5, 0.6) is 5.75 Å². The molecule has 7 heteroatoms. The van der Waals surface area contributed by atoms with Gasteiger partial charge < -0.3 is 10.1 Å². The summed E-state index contributed by atoms with van der Waals surface area (Å²) in [5.74, 6) is -0.961. The van der Waals surface area contributed by atoms with Crippen molar-refractivity contribution in [2.45, 2.75) is 13.5 Å². The summed E-state index contributed by atoms with van der Waals surface area (Å²) in [5.41, 5.74) is 1.10. The molecule has 0 unspecified atom stereocenters. The molecule has 0 spiro atoms. The van der Waals surface area contributed by atoms with E-state index in [0.717, 1.165) is 12.3 Å². The lowest BCUT2D eigenvalue weighted by molar-refractivity contribution is -0.114. The fourth-order valence-electron chi connectivity index (χ4n) is 1.75. The van der Waals surface area contributed by atoms with Gasteiger partial charge in [-0.1, -0.05) is 0 Å². The summed E-state index contributed by atoms with van der Waals surface area (Å²) in [6, 6.07) is 6.57. The summed E-state index contributed by atoms with van der Waals surface area (Å²) in [6.07, 6.45) is 1.13. The van der Waals surface area contributed by atoms with E-state index in [4.69, 9.17) is 0 Å². The predicted octanol–water partition coefficient (Wildman–Crippen LogP) is 3.45. The Morgan fingerprint density at radius 3 is 2.62 bits per heavy atom. The molecular formula is C14H11F3N2O2. The van der Waals surface area contributed by atoms with Crippen LogP contribution in [0.3, 0.4) is 0 Å². The van der Waals surface area contributed by atoms with Crippen molar-refractivity contribution in [2.75, 3.05) is 5.32 Å². The first-order chi connectivity index (χ1) is 9.95. The highest BCUT2D eigenvalue weighted by molar-refractivity contribution is 5.93. The zero-order valence-corrected chi connectivity index (χ0v) is 10.9. The number of amides is 1. The predicted molar refractivity (Wildman–Crippen MR) is 70.6 cm³/mol. The van der Waals surface area contributed by atoms with Gasteiger partial charge in [0.2, 0.25) is 5.91 Å². The van der Waals surface area contributed by atoms with Crippen LogP contribution in [0.4, 0.5) is 18.9 Å². The van der Waals surface area contributed by atoms with Crippen molar-refractivity contribution in [3.05, 3.63) is 42.3 Å². The number of alkyl halides is 2. The normalized spacial score (nSPS) is 10.5. The topological polar surface area (TPSA) is 51.2 Å². The second kappa shape index (κ2) is 6.25. The van der Waals surface area contributed by atoms with Gasteiger partial charge in [-0.15, -0.1) is 0 Å². The molecule has 0 saturated heterocycles. The maximum absolute atomic E-state index is 13.2. The number of carbonyl (C=O) groups excluding carboxylic acids is 1. The minimum Gasteiger partial charge on any atom is -0.433 e. The summed E-state index contributed by atoms with van der Waals surface area (Å²) in [7, 11) is 0. The number of aromatic nitrogens is 1. The molecule has 0 aliphatic heterocycles. The smallest absolute Gasteiger partial charge is 0.387 e. The van der Waals surface area contributed by atoms with Crippen molar-refractivity contribution < 1.29 is 22.7 Å². The highest BCUT2D eigenvalue weighted by Crippen LogP contribution is 2.28. The van der Waals surface area contributed by atoms with E-state index in [2.05, 4.69) is 15.0 Å². The SMILES string of the molecule is CC(=O)Nc1cc(F)ccc1-c1ccc(OC(F)F)cn1. The van der Waals surface area contributed by atoms with Gasteiger partial charge in [0.1, 0.15) is 11.6 Å². The lowest BCUT2D eigenvalue weighted by Gasteiger charge is -2.10. The van der Waals surface area contributed by atoms with E-state index in [1.807, 2.05) is 0 Å². The number of ether oxygens (including phenoxy) is 1. The third-order valence-electron chi connectivity index (χ3n) is 2.53. The fraction of sp³-hybridized carbons (Fsp3) is 0.143. The standard InChI is InChI=1S/C14H11F3N2O2/c1-8(20)19-13-6-9(15)2-4-11(13)12-5-3-10(7-18-12)21-14(16)17/h2-7,14H,1H3,(H,19,20). The van der Waals surface area contributed by atoms with E-state index in [0.29, 0.717) is 11.3 Å². The Kier molecular flexibility index (Phi) is 4.42. The highest BCUT2D eigenvalue weighted by Gasteiger charge is 2.10. The Labute approximate surface area is 118 Å². The maximum atomic E-state index is 13.2. The van der Waals surface area contributed by atoms with Gasteiger partial charge in [-0.05, 0) is 30.3 Å². The number of hydrogen-bond acceptors (Lipinski definition) is 3. The van der Waals surface area contributed by atoms with Crippen molar-refractivity contribution >= 4 is 11.6 Å². The molecule has 1 N–H and O–H groups in total. The first-order valence-corrected chi connectivity index (χ1v) is 5.94. The zero-order chi connectivity index (χ0) is 15.4. The van der Waals surface area contributed by atoms with Gasteiger partial charge in [0.05, 0.1) is 17.6 Å². The molecule has 1 heterocycles. The number of carbonyl (C=O) groups is 1. The Morgan fingerprint density at radius 2 is 2.05 bits per heavy atom. The molecule has 0 saturated carbocycles. The van der Waals surface area contributed by atoms with Crippen molar-refractivity contribution in [3.63, 3.8) is 0 Å². The van der Waals surface area contributed by atoms with E-state index >= 15 is 0 Å². The molecule has 0 bridgehead atoms. The van der Waals surface area contributed by atoms with E-state index < -0.39 is 12.4 Å². The van der Waals surface area contributed by atoms with Gasteiger partial charge in [0, 0.05) is 12.5 Å². The second-order valence-corrected chi connectivity index (χ2v) is 4.13. The Hall–Kier alpha value is -2.57. The Bertz CT molecular complexity index is 645. The van der Waals surface area contributed by atoms with Crippen LogP contribution in [0.15, 0.2) is 36.5 Å². The van der Waals surface area contributed by atoms with Gasteiger partial charge in [-0.2, -0.15) is 8.78 Å². The van der Waals surface area contributed by atoms with Crippen LogP contribution < -0.4 is 10.1 Å². The van der Waals surface area contributed by atoms with Crippen molar-refractivity contribution in [1.82, 2.24) is 4.98 Å². The molecule has 0 aliphatic carbocycles. The van der Waals surface area contributed by atoms with E-state index in [1.165, 1.54) is 31.2 Å². The third kappa shape index (κ3) is 3.95. The van der Waals surface area contributed by atoms with Crippen LogP contribution >= 0.6 is 0 Å².